The minimum atomic E-state index is 0.0504. The van der Waals surface area contributed by atoms with Gasteiger partial charge in [0.1, 0.15) is 11.5 Å². The molecule has 4 rings (SSSR count). The Morgan fingerprint density at radius 3 is 2.69 bits per heavy atom. The molecule has 0 fully saturated rings. The van der Waals surface area contributed by atoms with Crippen LogP contribution in [0.5, 0.6) is 5.75 Å². The second kappa shape index (κ2) is 11.0. The smallest absolute Gasteiger partial charge is 0.192 e. The van der Waals surface area contributed by atoms with E-state index in [9.17, 15) is 4.79 Å². The van der Waals surface area contributed by atoms with Crippen LogP contribution in [0.4, 0.5) is 0 Å². The zero-order valence-electron chi connectivity index (χ0n) is 20.6. The molecule has 184 valence electrons. The molecule has 8 nitrogen and oxygen atoms in total. The van der Waals surface area contributed by atoms with E-state index in [0.29, 0.717) is 24.1 Å². The highest BCUT2D eigenvalue weighted by atomic mass is 32.2. The molecule has 0 radical (unpaired) electrons. The van der Waals surface area contributed by atoms with Gasteiger partial charge in [-0.05, 0) is 51.1 Å². The van der Waals surface area contributed by atoms with Gasteiger partial charge in [0.05, 0.1) is 38.3 Å². The van der Waals surface area contributed by atoms with Crippen molar-refractivity contribution in [3.63, 3.8) is 0 Å². The molecular weight excluding hydrogens is 464 g/mol. The second-order valence-corrected chi connectivity index (χ2v) is 9.32. The van der Waals surface area contributed by atoms with Crippen molar-refractivity contribution >= 4 is 17.5 Å². The molecule has 0 amide bonds. The number of thioether (sulfide) groups is 1. The number of ether oxygens (including phenoxy) is 2. The molecule has 3 heterocycles. The predicted octanol–water partition coefficient (Wildman–Crippen LogP) is 5.20. The molecule has 0 spiro atoms. The fraction of sp³-hybridized carbons (Fsp3) is 0.346. The zero-order valence-corrected chi connectivity index (χ0v) is 21.5. The van der Waals surface area contributed by atoms with E-state index in [1.165, 1.54) is 11.8 Å². The van der Waals surface area contributed by atoms with E-state index >= 15 is 0 Å². The number of hydrogen-bond donors (Lipinski definition) is 0. The number of furan rings is 1. The first kappa shape index (κ1) is 24.8. The van der Waals surface area contributed by atoms with Crippen LogP contribution in [0, 0.1) is 13.8 Å². The molecule has 0 saturated heterocycles. The summed E-state index contributed by atoms with van der Waals surface area (Å²) in [5.41, 5.74) is 3.59. The first-order valence-electron chi connectivity index (χ1n) is 11.4. The highest BCUT2D eigenvalue weighted by Crippen LogP contribution is 2.29. The van der Waals surface area contributed by atoms with Gasteiger partial charge in [-0.1, -0.05) is 23.9 Å². The Labute approximate surface area is 209 Å². The Balaban J connectivity index is 1.59. The number of ketones is 1. The molecule has 0 aliphatic heterocycles. The van der Waals surface area contributed by atoms with Gasteiger partial charge in [0.2, 0.25) is 0 Å². The van der Waals surface area contributed by atoms with E-state index in [1.54, 1.807) is 20.5 Å². The molecule has 4 aromatic rings. The maximum absolute atomic E-state index is 13.2. The number of benzene rings is 1. The van der Waals surface area contributed by atoms with Gasteiger partial charge in [0.15, 0.2) is 16.8 Å². The van der Waals surface area contributed by atoms with E-state index in [-0.39, 0.29) is 17.6 Å². The number of carbonyl (C=O) groups excluding carboxylic acids is 1. The van der Waals surface area contributed by atoms with Crippen LogP contribution < -0.4 is 4.74 Å². The van der Waals surface area contributed by atoms with Gasteiger partial charge >= 0.3 is 0 Å². The predicted molar refractivity (Wildman–Crippen MR) is 135 cm³/mol. The molecule has 0 saturated carbocycles. The fourth-order valence-electron chi connectivity index (χ4n) is 4.33. The topological polar surface area (TPSA) is 84.3 Å². The van der Waals surface area contributed by atoms with Crippen LogP contribution >= 0.6 is 11.8 Å². The van der Waals surface area contributed by atoms with Crippen LogP contribution in [-0.2, 0) is 11.3 Å². The SMILES string of the molecule is COCC(C)n1c(C)cc(C(=O)CSc2nnc(-c3cccc(OC)c3)n2Cc2ccco2)c1C. The molecule has 35 heavy (non-hydrogen) atoms. The van der Waals surface area contributed by atoms with Crippen LogP contribution in [0.25, 0.3) is 11.4 Å². The minimum absolute atomic E-state index is 0.0504. The second-order valence-electron chi connectivity index (χ2n) is 8.37. The van der Waals surface area contributed by atoms with Crippen molar-refractivity contribution in [2.75, 3.05) is 26.6 Å². The summed E-state index contributed by atoms with van der Waals surface area (Å²) >= 11 is 1.37. The average Bonchev–Trinajstić information content (AvgIpc) is 3.58. The summed E-state index contributed by atoms with van der Waals surface area (Å²) in [6.07, 6.45) is 1.64. The standard InChI is InChI=1S/C26H30N4O4S/c1-17-12-23(19(3)30(17)18(2)15-32-4)24(31)16-35-26-28-27-25(20-8-6-9-21(13-20)33-5)29(26)14-22-10-7-11-34-22/h6-13,18H,14-16H2,1-5H3. The number of aryl methyl sites for hydroxylation is 1. The third-order valence-corrected chi connectivity index (χ3v) is 6.87. The number of rotatable bonds is 11. The van der Waals surface area contributed by atoms with Crippen molar-refractivity contribution in [3.8, 4) is 17.1 Å². The molecule has 9 heteroatoms. The van der Waals surface area contributed by atoms with Crippen molar-refractivity contribution in [3.05, 3.63) is 71.4 Å². The highest BCUT2D eigenvalue weighted by molar-refractivity contribution is 7.99. The maximum atomic E-state index is 13.2. The number of carbonyl (C=O) groups is 1. The summed E-state index contributed by atoms with van der Waals surface area (Å²) in [5.74, 6) is 2.49. The van der Waals surface area contributed by atoms with E-state index in [4.69, 9.17) is 13.9 Å². The summed E-state index contributed by atoms with van der Waals surface area (Å²) in [4.78, 5) is 13.2. The van der Waals surface area contributed by atoms with Gasteiger partial charge in [0.25, 0.3) is 0 Å². The molecule has 0 aliphatic rings. The molecule has 0 N–H and O–H groups in total. The third-order valence-electron chi connectivity index (χ3n) is 5.90. The fourth-order valence-corrected chi connectivity index (χ4v) is 5.15. The average molecular weight is 495 g/mol. The summed E-state index contributed by atoms with van der Waals surface area (Å²) in [6.45, 7) is 7.12. The van der Waals surface area contributed by atoms with E-state index < -0.39 is 0 Å². The Bertz CT molecular complexity index is 1290. The van der Waals surface area contributed by atoms with Crippen molar-refractivity contribution in [2.45, 2.75) is 38.5 Å². The lowest BCUT2D eigenvalue weighted by Gasteiger charge is -2.17. The number of hydrogen-bond acceptors (Lipinski definition) is 7. The monoisotopic (exact) mass is 494 g/mol. The normalized spacial score (nSPS) is 12.1. The van der Waals surface area contributed by atoms with Crippen LogP contribution in [0.3, 0.4) is 0 Å². The Kier molecular flexibility index (Phi) is 7.77. The maximum Gasteiger partial charge on any atom is 0.192 e. The van der Waals surface area contributed by atoms with Gasteiger partial charge in [-0.15, -0.1) is 10.2 Å². The summed E-state index contributed by atoms with van der Waals surface area (Å²) in [7, 11) is 3.32. The first-order chi connectivity index (χ1) is 16.9. The van der Waals surface area contributed by atoms with Crippen LogP contribution in [0.1, 0.15) is 40.5 Å². The van der Waals surface area contributed by atoms with Crippen molar-refractivity contribution < 1.29 is 18.7 Å². The molecule has 1 aromatic carbocycles. The number of nitrogens with zero attached hydrogens (tertiary/aromatic N) is 4. The van der Waals surface area contributed by atoms with Crippen molar-refractivity contribution in [1.29, 1.82) is 0 Å². The Hall–Kier alpha value is -3.30. The minimum Gasteiger partial charge on any atom is -0.497 e. The van der Waals surface area contributed by atoms with Gasteiger partial charge in [0, 0.05) is 29.6 Å². The molecule has 0 bridgehead atoms. The molecule has 1 atom stereocenters. The summed E-state index contributed by atoms with van der Waals surface area (Å²) < 4.78 is 20.4. The number of aromatic nitrogens is 4. The molecule has 0 aliphatic carbocycles. The van der Waals surface area contributed by atoms with Crippen LogP contribution in [0.2, 0.25) is 0 Å². The van der Waals surface area contributed by atoms with Gasteiger partial charge < -0.3 is 18.5 Å². The zero-order chi connectivity index (χ0) is 24.9. The molecule has 3 aromatic heterocycles. The number of methoxy groups -OCH3 is 2. The summed E-state index contributed by atoms with van der Waals surface area (Å²) in [6, 6.07) is 13.5. The molecule has 1 unspecified atom stereocenters. The number of Topliss-reactive ketones (excluding diaryl/α,β-unsaturated/α-hetero) is 1. The van der Waals surface area contributed by atoms with E-state index in [2.05, 4.69) is 21.7 Å². The van der Waals surface area contributed by atoms with Crippen LogP contribution in [-0.4, -0.2) is 51.7 Å². The highest BCUT2D eigenvalue weighted by Gasteiger charge is 2.21. The van der Waals surface area contributed by atoms with Gasteiger partial charge in [-0.2, -0.15) is 0 Å². The summed E-state index contributed by atoms with van der Waals surface area (Å²) in [5, 5.41) is 9.50. The largest absolute Gasteiger partial charge is 0.497 e. The van der Waals surface area contributed by atoms with Gasteiger partial charge in [-0.3, -0.25) is 9.36 Å². The van der Waals surface area contributed by atoms with E-state index in [1.807, 2.05) is 60.9 Å². The Morgan fingerprint density at radius 2 is 1.97 bits per heavy atom. The quantitative estimate of drug-likeness (QED) is 0.209. The third kappa shape index (κ3) is 5.36. The van der Waals surface area contributed by atoms with Crippen molar-refractivity contribution in [2.24, 2.45) is 0 Å². The lowest BCUT2D eigenvalue weighted by molar-refractivity contribution is 0.102. The van der Waals surface area contributed by atoms with Crippen molar-refractivity contribution in [1.82, 2.24) is 19.3 Å². The first-order valence-corrected chi connectivity index (χ1v) is 12.3. The lowest BCUT2D eigenvalue weighted by Crippen LogP contribution is -2.15. The Morgan fingerprint density at radius 1 is 1.14 bits per heavy atom. The lowest BCUT2D eigenvalue weighted by atomic mass is 10.2. The van der Waals surface area contributed by atoms with E-state index in [0.717, 1.165) is 34.0 Å². The van der Waals surface area contributed by atoms with Crippen LogP contribution in [0.15, 0.2) is 58.3 Å². The van der Waals surface area contributed by atoms with Gasteiger partial charge in [-0.25, -0.2) is 0 Å². The molecular formula is C26H30N4O4S.